The van der Waals surface area contributed by atoms with Gasteiger partial charge in [0.2, 0.25) is 15.9 Å². The minimum Gasteiger partial charge on any atom is -0.472 e. The van der Waals surface area contributed by atoms with Crippen LogP contribution in [0.4, 0.5) is 4.39 Å². The molecule has 8 nitrogen and oxygen atoms in total. The SMILES string of the molecule is C[C@H](CO)N1C[C@H](C)[C@H](CN(C)S(=O)(=O)c2cccc(F)c2)Oc2ncccc2C1=O. The lowest BCUT2D eigenvalue weighted by atomic mass is 10.0. The fraction of sp³-hybridized carbons (Fsp3) is 0.429. The van der Waals surface area contributed by atoms with Gasteiger partial charge in [0.25, 0.3) is 5.91 Å². The van der Waals surface area contributed by atoms with E-state index in [0.29, 0.717) is 0 Å². The highest BCUT2D eigenvalue weighted by Gasteiger charge is 2.35. The maximum absolute atomic E-state index is 13.6. The molecule has 0 radical (unpaired) electrons. The molecular weight excluding hydrogens is 425 g/mol. The van der Waals surface area contributed by atoms with Crippen molar-refractivity contribution in [2.24, 2.45) is 5.92 Å². The summed E-state index contributed by atoms with van der Waals surface area (Å²) in [5, 5.41) is 9.61. The quantitative estimate of drug-likeness (QED) is 0.719. The predicted molar refractivity (Wildman–Crippen MR) is 112 cm³/mol. The maximum atomic E-state index is 13.6. The highest BCUT2D eigenvalue weighted by Crippen LogP contribution is 2.27. The molecule has 3 rings (SSSR count). The van der Waals surface area contributed by atoms with Gasteiger partial charge in [-0.15, -0.1) is 0 Å². The first kappa shape index (κ1) is 23.1. The second-order valence-corrected chi connectivity index (χ2v) is 9.77. The van der Waals surface area contributed by atoms with Gasteiger partial charge in [-0.25, -0.2) is 17.8 Å². The zero-order valence-electron chi connectivity index (χ0n) is 17.6. The molecule has 0 unspecified atom stereocenters. The van der Waals surface area contributed by atoms with Crippen LogP contribution >= 0.6 is 0 Å². The Kier molecular flexibility index (Phi) is 6.93. The van der Waals surface area contributed by atoms with Crippen molar-refractivity contribution in [3.8, 4) is 5.88 Å². The summed E-state index contributed by atoms with van der Waals surface area (Å²) in [7, 11) is -2.56. The highest BCUT2D eigenvalue weighted by molar-refractivity contribution is 7.89. The number of halogens is 1. The van der Waals surface area contributed by atoms with E-state index in [4.69, 9.17) is 4.74 Å². The number of amides is 1. The summed E-state index contributed by atoms with van der Waals surface area (Å²) >= 11 is 0. The second kappa shape index (κ2) is 9.29. The predicted octanol–water partition coefficient (Wildman–Crippen LogP) is 1.76. The van der Waals surface area contributed by atoms with Crippen LogP contribution in [0.1, 0.15) is 24.2 Å². The Hall–Kier alpha value is -2.56. The van der Waals surface area contributed by atoms with Crippen LogP contribution in [-0.2, 0) is 10.0 Å². The number of sulfonamides is 1. The van der Waals surface area contributed by atoms with Crippen molar-refractivity contribution in [1.82, 2.24) is 14.2 Å². The van der Waals surface area contributed by atoms with Crippen LogP contribution in [0.3, 0.4) is 0 Å². The number of carbonyl (C=O) groups excluding carboxylic acids is 1. The molecular formula is C21H26FN3O5S. The Morgan fingerprint density at radius 2 is 2.10 bits per heavy atom. The van der Waals surface area contributed by atoms with Gasteiger partial charge in [-0.3, -0.25) is 4.79 Å². The van der Waals surface area contributed by atoms with Gasteiger partial charge < -0.3 is 14.7 Å². The van der Waals surface area contributed by atoms with Gasteiger partial charge in [0.15, 0.2) is 0 Å². The third-order valence-electron chi connectivity index (χ3n) is 5.38. The third kappa shape index (κ3) is 4.86. The zero-order valence-corrected chi connectivity index (χ0v) is 18.4. The first-order valence-corrected chi connectivity index (χ1v) is 11.3. The topological polar surface area (TPSA) is 100 Å². The van der Waals surface area contributed by atoms with Crippen molar-refractivity contribution in [1.29, 1.82) is 0 Å². The molecule has 2 aromatic rings. The van der Waals surface area contributed by atoms with Gasteiger partial charge in [0.1, 0.15) is 17.5 Å². The molecule has 0 fully saturated rings. The van der Waals surface area contributed by atoms with E-state index in [1.807, 2.05) is 6.92 Å². The minimum absolute atomic E-state index is 0.0361. The van der Waals surface area contributed by atoms with Crippen LogP contribution in [0.25, 0.3) is 0 Å². The van der Waals surface area contributed by atoms with Gasteiger partial charge in [-0.2, -0.15) is 4.31 Å². The number of aromatic nitrogens is 1. The Morgan fingerprint density at radius 1 is 1.35 bits per heavy atom. The maximum Gasteiger partial charge on any atom is 0.259 e. The number of fused-ring (bicyclic) bond motifs is 1. The number of nitrogens with zero attached hydrogens (tertiary/aromatic N) is 3. The average molecular weight is 452 g/mol. The fourth-order valence-corrected chi connectivity index (χ4v) is 4.64. The van der Waals surface area contributed by atoms with Crippen LogP contribution in [0.15, 0.2) is 47.5 Å². The van der Waals surface area contributed by atoms with Gasteiger partial charge in [-0.05, 0) is 37.3 Å². The molecule has 2 heterocycles. The number of aliphatic hydroxyl groups excluding tert-OH is 1. The van der Waals surface area contributed by atoms with Crippen molar-refractivity contribution in [3.05, 3.63) is 54.0 Å². The molecule has 0 saturated heterocycles. The molecule has 1 aliphatic heterocycles. The summed E-state index contributed by atoms with van der Waals surface area (Å²) in [4.78, 5) is 18.5. The summed E-state index contributed by atoms with van der Waals surface area (Å²) in [6.45, 7) is 3.58. The number of hydrogen-bond acceptors (Lipinski definition) is 6. The Bertz CT molecular complexity index is 1050. The Labute approximate surface area is 181 Å². The number of rotatable bonds is 6. The highest BCUT2D eigenvalue weighted by atomic mass is 32.2. The molecule has 0 saturated carbocycles. The van der Waals surface area contributed by atoms with Crippen LogP contribution < -0.4 is 4.74 Å². The molecule has 1 aliphatic rings. The summed E-state index contributed by atoms with van der Waals surface area (Å²) in [5.74, 6) is -1.12. The lowest BCUT2D eigenvalue weighted by Gasteiger charge is -2.37. The molecule has 1 aromatic carbocycles. The molecule has 3 atom stereocenters. The molecule has 31 heavy (non-hydrogen) atoms. The van der Waals surface area contributed by atoms with Crippen molar-refractivity contribution in [2.45, 2.75) is 30.9 Å². The fourth-order valence-electron chi connectivity index (χ4n) is 3.43. The Morgan fingerprint density at radius 3 is 2.77 bits per heavy atom. The minimum atomic E-state index is -3.96. The van der Waals surface area contributed by atoms with Crippen molar-refractivity contribution < 1.29 is 27.4 Å². The second-order valence-electron chi connectivity index (χ2n) is 7.72. The van der Waals surface area contributed by atoms with E-state index in [1.165, 1.54) is 31.4 Å². The number of hydrogen-bond donors (Lipinski definition) is 1. The van der Waals surface area contributed by atoms with E-state index >= 15 is 0 Å². The molecule has 0 aliphatic carbocycles. The van der Waals surface area contributed by atoms with E-state index in [2.05, 4.69) is 4.98 Å². The lowest BCUT2D eigenvalue weighted by Crippen LogP contribution is -2.50. The molecule has 10 heteroatoms. The van der Waals surface area contributed by atoms with E-state index in [0.717, 1.165) is 10.4 Å². The first-order valence-electron chi connectivity index (χ1n) is 9.90. The Balaban J connectivity index is 1.92. The van der Waals surface area contributed by atoms with Gasteiger partial charge in [0, 0.05) is 25.7 Å². The number of carbonyl (C=O) groups is 1. The van der Waals surface area contributed by atoms with Crippen molar-refractivity contribution >= 4 is 15.9 Å². The number of likely N-dealkylation sites (N-methyl/N-ethyl adjacent to an activating group) is 1. The standard InChI is InChI=1S/C21H26FN3O5S/c1-14-11-25(15(2)13-26)21(27)18-8-5-9-23-20(18)30-19(14)12-24(3)31(28,29)17-7-4-6-16(22)10-17/h4-10,14-15,19,26H,11-13H2,1-3H3/t14-,15+,19-/m0/s1. The number of aliphatic hydroxyl groups is 1. The number of ether oxygens (including phenoxy) is 1. The summed E-state index contributed by atoms with van der Waals surface area (Å²) in [6.07, 6.45) is 0.853. The van der Waals surface area contributed by atoms with Crippen molar-refractivity contribution in [3.63, 3.8) is 0 Å². The molecule has 0 bridgehead atoms. The van der Waals surface area contributed by atoms with Gasteiger partial charge in [0.05, 0.1) is 24.1 Å². The van der Waals surface area contributed by atoms with Crippen LogP contribution in [0.2, 0.25) is 0 Å². The molecule has 1 aromatic heterocycles. The summed E-state index contributed by atoms with van der Waals surface area (Å²) in [6, 6.07) is 7.58. The van der Waals surface area contributed by atoms with Crippen LogP contribution in [-0.4, -0.2) is 72.5 Å². The molecule has 168 valence electrons. The third-order valence-corrected chi connectivity index (χ3v) is 7.20. The number of pyridine rings is 1. The number of benzene rings is 1. The normalized spacial score (nSPS) is 20.6. The van der Waals surface area contributed by atoms with Crippen LogP contribution in [0, 0.1) is 11.7 Å². The lowest BCUT2D eigenvalue weighted by molar-refractivity contribution is 0.0373. The zero-order chi connectivity index (χ0) is 22.8. The van der Waals surface area contributed by atoms with E-state index < -0.39 is 28.0 Å². The molecule has 1 N–H and O–H groups in total. The largest absolute Gasteiger partial charge is 0.472 e. The van der Waals surface area contributed by atoms with E-state index in [-0.39, 0.29) is 47.9 Å². The van der Waals surface area contributed by atoms with Crippen molar-refractivity contribution in [2.75, 3.05) is 26.7 Å². The van der Waals surface area contributed by atoms with Crippen LogP contribution in [0.5, 0.6) is 5.88 Å². The van der Waals surface area contributed by atoms with Gasteiger partial charge in [-0.1, -0.05) is 13.0 Å². The summed E-state index contributed by atoms with van der Waals surface area (Å²) in [5.41, 5.74) is 0.246. The average Bonchev–Trinajstić information content (AvgIpc) is 2.75. The van der Waals surface area contributed by atoms with E-state index in [9.17, 15) is 22.7 Å². The van der Waals surface area contributed by atoms with E-state index in [1.54, 1.807) is 24.0 Å². The molecule has 0 spiro atoms. The first-order chi connectivity index (χ1) is 14.6. The van der Waals surface area contributed by atoms with Gasteiger partial charge >= 0.3 is 0 Å². The summed E-state index contributed by atoms with van der Waals surface area (Å²) < 4.78 is 46.5. The molecule has 1 amide bonds. The monoisotopic (exact) mass is 451 g/mol. The smallest absolute Gasteiger partial charge is 0.259 e.